The highest BCUT2D eigenvalue weighted by molar-refractivity contribution is 5.81. The minimum Gasteiger partial charge on any atom is -0.393 e. The molecule has 1 fully saturated rings. The predicted octanol–water partition coefficient (Wildman–Crippen LogP) is 1.62. The van der Waals surface area contributed by atoms with Gasteiger partial charge >= 0.3 is 0 Å². The summed E-state index contributed by atoms with van der Waals surface area (Å²) in [7, 11) is 0. The Hall–Kier alpha value is -0.370. The molecule has 0 aliphatic heterocycles. The minimum atomic E-state index is -0.266. The van der Waals surface area contributed by atoms with Crippen molar-refractivity contribution in [2.24, 2.45) is 17.8 Å². The lowest BCUT2D eigenvalue weighted by molar-refractivity contribution is -0.130. The summed E-state index contributed by atoms with van der Waals surface area (Å²) in [6.07, 6.45) is 0.958. The van der Waals surface area contributed by atoms with Crippen LogP contribution in [0.25, 0.3) is 0 Å². The zero-order chi connectivity index (χ0) is 9.30. The van der Waals surface area contributed by atoms with E-state index in [4.69, 9.17) is 0 Å². The molecule has 0 aromatic heterocycles. The van der Waals surface area contributed by atoms with Gasteiger partial charge in [0.25, 0.3) is 0 Å². The van der Waals surface area contributed by atoms with Gasteiger partial charge in [0.05, 0.1) is 6.10 Å². The van der Waals surface area contributed by atoms with Crippen molar-refractivity contribution in [2.75, 3.05) is 0 Å². The van der Waals surface area contributed by atoms with Gasteiger partial charge in [-0.3, -0.25) is 4.79 Å². The van der Waals surface area contributed by atoms with Crippen molar-refractivity contribution in [2.45, 2.75) is 39.7 Å². The molecule has 2 nitrogen and oxygen atoms in total. The number of hydrogen-bond acceptors (Lipinski definition) is 2. The molecule has 0 saturated heterocycles. The van der Waals surface area contributed by atoms with Crippen LogP contribution in [0.3, 0.4) is 0 Å². The molecule has 1 aliphatic carbocycles. The van der Waals surface area contributed by atoms with Gasteiger partial charge in [-0.2, -0.15) is 0 Å². The Morgan fingerprint density at radius 3 is 2.58 bits per heavy atom. The second kappa shape index (κ2) is 3.56. The van der Waals surface area contributed by atoms with Crippen LogP contribution in [-0.4, -0.2) is 17.0 Å². The first-order valence-electron chi connectivity index (χ1n) is 4.73. The van der Waals surface area contributed by atoms with Gasteiger partial charge in [-0.05, 0) is 18.3 Å². The molecule has 3 atom stereocenters. The molecule has 0 heterocycles. The van der Waals surface area contributed by atoms with E-state index in [9.17, 15) is 9.90 Å². The van der Waals surface area contributed by atoms with E-state index in [1.54, 1.807) is 0 Å². The van der Waals surface area contributed by atoms with E-state index in [1.165, 1.54) is 0 Å². The number of carbonyl (C=O) groups is 1. The van der Waals surface area contributed by atoms with Gasteiger partial charge < -0.3 is 5.11 Å². The molecule has 0 amide bonds. The molecule has 3 unspecified atom stereocenters. The third-order valence-corrected chi connectivity index (χ3v) is 2.93. The third-order valence-electron chi connectivity index (χ3n) is 2.93. The van der Waals surface area contributed by atoms with E-state index in [1.807, 2.05) is 6.92 Å². The van der Waals surface area contributed by atoms with E-state index in [-0.39, 0.29) is 17.9 Å². The van der Waals surface area contributed by atoms with Gasteiger partial charge in [0.2, 0.25) is 0 Å². The normalized spacial score (nSPS) is 37.4. The molecular weight excluding hydrogens is 152 g/mol. The van der Waals surface area contributed by atoms with Crippen molar-refractivity contribution < 1.29 is 9.90 Å². The Morgan fingerprint density at radius 2 is 2.08 bits per heavy atom. The first kappa shape index (κ1) is 9.72. The Bertz CT molecular complexity index is 175. The number of carbonyl (C=O) groups excluding carboxylic acids is 1. The maximum atomic E-state index is 11.3. The molecule has 0 radical (unpaired) electrons. The molecule has 1 saturated carbocycles. The topological polar surface area (TPSA) is 37.3 Å². The first-order chi connectivity index (χ1) is 5.52. The molecule has 1 N–H and O–H groups in total. The Balaban J connectivity index is 2.61. The lowest BCUT2D eigenvalue weighted by Gasteiger charge is -2.32. The maximum Gasteiger partial charge on any atom is 0.136 e. The smallest absolute Gasteiger partial charge is 0.136 e. The highest BCUT2D eigenvalue weighted by atomic mass is 16.3. The van der Waals surface area contributed by atoms with Gasteiger partial charge in [-0.1, -0.05) is 20.8 Å². The largest absolute Gasteiger partial charge is 0.393 e. The fraction of sp³-hybridized carbons (Fsp3) is 0.900. The number of aliphatic hydroxyl groups excluding tert-OH is 1. The molecule has 1 aliphatic rings. The molecule has 12 heavy (non-hydrogen) atoms. The van der Waals surface area contributed by atoms with E-state index in [0.717, 1.165) is 0 Å². The molecule has 0 aromatic rings. The highest BCUT2D eigenvalue weighted by Gasteiger charge is 2.33. The lowest BCUT2D eigenvalue weighted by atomic mass is 9.75. The second-order valence-corrected chi connectivity index (χ2v) is 4.28. The van der Waals surface area contributed by atoms with Crippen molar-refractivity contribution >= 4 is 5.78 Å². The van der Waals surface area contributed by atoms with Gasteiger partial charge in [0.1, 0.15) is 5.78 Å². The van der Waals surface area contributed by atoms with Crippen LogP contribution in [0.2, 0.25) is 0 Å². The maximum absolute atomic E-state index is 11.3. The van der Waals surface area contributed by atoms with Crippen molar-refractivity contribution in [1.82, 2.24) is 0 Å². The van der Waals surface area contributed by atoms with Crippen LogP contribution in [-0.2, 0) is 4.79 Å². The van der Waals surface area contributed by atoms with Crippen molar-refractivity contribution in [1.29, 1.82) is 0 Å². The summed E-state index contributed by atoms with van der Waals surface area (Å²) in [5.41, 5.74) is 0. The summed E-state index contributed by atoms with van der Waals surface area (Å²) >= 11 is 0. The van der Waals surface area contributed by atoms with Crippen molar-refractivity contribution in [3.8, 4) is 0 Å². The zero-order valence-electron chi connectivity index (χ0n) is 8.08. The number of Topliss-reactive ketones (excluding diaryl/α,β-unsaturated/α-hetero) is 1. The minimum absolute atomic E-state index is 0.0648. The summed E-state index contributed by atoms with van der Waals surface area (Å²) in [4.78, 5) is 11.3. The number of ketones is 1. The standard InChI is InChI=1S/C10H18O2/c1-6(2)8-5-9(11)7(3)4-10(8)12/h6-8,10,12H,4-5H2,1-3H3. The Kier molecular flexibility index (Phi) is 2.89. The average Bonchev–Trinajstić information content (AvgIpc) is 1.96. The summed E-state index contributed by atoms with van der Waals surface area (Å²) in [6.45, 7) is 6.04. The molecule has 0 aromatic carbocycles. The summed E-state index contributed by atoms with van der Waals surface area (Å²) in [5, 5.41) is 9.68. The molecule has 0 bridgehead atoms. The zero-order valence-corrected chi connectivity index (χ0v) is 8.08. The Labute approximate surface area is 74.0 Å². The number of hydrogen-bond donors (Lipinski definition) is 1. The van der Waals surface area contributed by atoms with E-state index in [2.05, 4.69) is 13.8 Å². The molecule has 70 valence electrons. The third kappa shape index (κ3) is 1.86. The van der Waals surface area contributed by atoms with E-state index < -0.39 is 0 Å². The van der Waals surface area contributed by atoms with Crippen LogP contribution in [0, 0.1) is 17.8 Å². The molecule has 2 heteroatoms. The van der Waals surface area contributed by atoms with Crippen molar-refractivity contribution in [3.63, 3.8) is 0 Å². The van der Waals surface area contributed by atoms with Crippen LogP contribution in [0.4, 0.5) is 0 Å². The second-order valence-electron chi connectivity index (χ2n) is 4.28. The van der Waals surface area contributed by atoms with Gasteiger partial charge in [0, 0.05) is 12.3 Å². The van der Waals surface area contributed by atoms with Crippen LogP contribution in [0.5, 0.6) is 0 Å². The number of rotatable bonds is 1. The first-order valence-corrected chi connectivity index (χ1v) is 4.73. The van der Waals surface area contributed by atoms with Crippen LogP contribution in [0.15, 0.2) is 0 Å². The SMILES string of the molecule is CC1CC(O)C(C(C)C)CC1=O. The van der Waals surface area contributed by atoms with Gasteiger partial charge in [-0.25, -0.2) is 0 Å². The monoisotopic (exact) mass is 170 g/mol. The van der Waals surface area contributed by atoms with Gasteiger partial charge in [-0.15, -0.1) is 0 Å². The summed E-state index contributed by atoms with van der Waals surface area (Å²) in [5.74, 6) is 0.985. The quantitative estimate of drug-likeness (QED) is 0.649. The predicted molar refractivity (Wildman–Crippen MR) is 47.7 cm³/mol. The fourth-order valence-electron chi connectivity index (χ4n) is 1.92. The average molecular weight is 170 g/mol. The lowest BCUT2D eigenvalue weighted by Crippen LogP contribution is -2.37. The molecule has 0 spiro atoms. The van der Waals surface area contributed by atoms with Crippen LogP contribution in [0.1, 0.15) is 33.6 Å². The Morgan fingerprint density at radius 1 is 1.50 bits per heavy atom. The molecule has 1 rings (SSSR count). The summed E-state index contributed by atoms with van der Waals surface area (Å²) < 4.78 is 0. The van der Waals surface area contributed by atoms with Crippen molar-refractivity contribution in [3.05, 3.63) is 0 Å². The van der Waals surface area contributed by atoms with Gasteiger partial charge in [0.15, 0.2) is 0 Å². The van der Waals surface area contributed by atoms with Crippen LogP contribution < -0.4 is 0 Å². The van der Waals surface area contributed by atoms with Crippen LogP contribution >= 0.6 is 0 Å². The highest BCUT2D eigenvalue weighted by Crippen LogP contribution is 2.30. The van der Waals surface area contributed by atoms with E-state index >= 15 is 0 Å². The fourth-order valence-corrected chi connectivity index (χ4v) is 1.92. The number of aliphatic hydroxyl groups is 1. The van der Waals surface area contributed by atoms with E-state index in [0.29, 0.717) is 24.5 Å². The molecular formula is C10H18O2. The summed E-state index contributed by atoms with van der Waals surface area (Å²) in [6, 6.07) is 0.